The smallest absolute Gasteiger partial charge is 0.0453 e. The van der Waals surface area contributed by atoms with Crippen LogP contribution in [0.5, 0.6) is 0 Å². The Hall–Kier alpha value is -0.530. The summed E-state index contributed by atoms with van der Waals surface area (Å²) in [6, 6.07) is 6.29. The molecule has 1 aliphatic carbocycles. The highest BCUT2D eigenvalue weighted by Crippen LogP contribution is 2.27. The fourth-order valence-corrected chi connectivity index (χ4v) is 2.93. The maximum absolute atomic E-state index is 6.20. The highest BCUT2D eigenvalue weighted by molar-refractivity contribution is 6.31. The van der Waals surface area contributed by atoms with Crippen LogP contribution in [0.1, 0.15) is 43.2 Å². The molecule has 0 saturated heterocycles. The minimum Gasteiger partial charge on any atom is -0.313 e. The van der Waals surface area contributed by atoms with Crippen molar-refractivity contribution in [3.8, 4) is 0 Å². The predicted molar refractivity (Wildman–Crippen MR) is 74.5 cm³/mol. The van der Waals surface area contributed by atoms with E-state index in [0.717, 1.165) is 24.0 Å². The molecule has 0 spiro atoms. The molecule has 0 bridgehead atoms. The lowest BCUT2D eigenvalue weighted by Gasteiger charge is -2.10. The summed E-state index contributed by atoms with van der Waals surface area (Å²) in [5.74, 6) is 0.969. The van der Waals surface area contributed by atoms with E-state index in [0.29, 0.717) is 0 Å². The van der Waals surface area contributed by atoms with Gasteiger partial charge in [0, 0.05) is 11.6 Å². The average molecular weight is 252 g/mol. The van der Waals surface area contributed by atoms with Gasteiger partial charge in [-0.05, 0) is 43.0 Å². The van der Waals surface area contributed by atoms with Gasteiger partial charge in [-0.2, -0.15) is 0 Å². The molecule has 1 nitrogen and oxygen atoms in total. The van der Waals surface area contributed by atoms with E-state index in [9.17, 15) is 0 Å². The third-order valence-corrected chi connectivity index (χ3v) is 4.08. The summed E-state index contributed by atoms with van der Waals surface area (Å²) in [7, 11) is 0. The largest absolute Gasteiger partial charge is 0.313 e. The SMILES string of the molecule is Cc1ccc(CNCCC2CCCC2)c(Cl)c1. The second-order valence-electron chi connectivity index (χ2n) is 5.21. The molecule has 94 valence electrons. The van der Waals surface area contributed by atoms with Crippen molar-refractivity contribution in [1.82, 2.24) is 5.32 Å². The van der Waals surface area contributed by atoms with Crippen molar-refractivity contribution in [2.24, 2.45) is 5.92 Å². The van der Waals surface area contributed by atoms with Crippen LogP contribution in [0.15, 0.2) is 18.2 Å². The molecule has 1 aromatic rings. The van der Waals surface area contributed by atoms with Crippen LogP contribution in [0.4, 0.5) is 0 Å². The first kappa shape index (κ1) is 12.9. The maximum atomic E-state index is 6.20. The van der Waals surface area contributed by atoms with Gasteiger partial charge in [0.05, 0.1) is 0 Å². The monoisotopic (exact) mass is 251 g/mol. The molecule has 1 aliphatic rings. The maximum Gasteiger partial charge on any atom is 0.0453 e. The quantitative estimate of drug-likeness (QED) is 0.769. The van der Waals surface area contributed by atoms with Crippen molar-refractivity contribution in [3.63, 3.8) is 0 Å². The van der Waals surface area contributed by atoms with E-state index in [1.54, 1.807) is 0 Å². The predicted octanol–water partition coefficient (Wildman–Crippen LogP) is 4.32. The Morgan fingerprint density at radius 3 is 2.76 bits per heavy atom. The molecule has 17 heavy (non-hydrogen) atoms. The van der Waals surface area contributed by atoms with Gasteiger partial charge in [-0.3, -0.25) is 0 Å². The normalized spacial score (nSPS) is 16.6. The van der Waals surface area contributed by atoms with E-state index in [2.05, 4.69) is 24.4 Å². The van der Waals surface area contributed by atoms with Gasteiger partial charge in [0.2, 0.25) is 0 Å². The number of halogens is 1. The van der Waals surface area contributed by atoms with E-state index < -0.39 is 0 Å². The van der Waals surface area contributed by atoms with Crippen LogP contribution in [-0.4, -0.2) is 6.54 Å². The Balaban J connectivity index is 1.70. The standard InChI is InChI=1S/C15H22ClN/c1-12-6-7-14(15(16)10-12)11-17-9-8-13-4-2-3-5-13/h6-7,10,13,17H,2-5,8-9,11H2,1H3. The Bertz CT molecular complexity index is 356. The lowest BCUT2D eigenvalue weighted by Crippen LogP contribution is -2.17. The van der Waals surface area contributed by atoms with Gasteiger partial charge in [-0.25, -0.2) is 0 Å². The van der Waals surface area contributed by atoms with Crippen molar-refractivity contribution in [2.45, 2.75) is 45.6 Å². The van der Waals surface area contributed by atoms with Crippen LogP contribution >= 0.6 is 11.6 Å². The van der Waals surface area contributed by atoms with Crippen LogP contribution in [0.2, 0.25) is 5.02 Å². The van der Waals surface area contributed by atoms with E-state index >= 15 is 0 Å². The zero-order valence-corrected chi connectivity index (χ0v) is 11.4. The average Bonchev–Trinajstić information content (AvgIpc) is 2.79. The number of hydrogen-bond acceptors (Lipinski definition) is 1. The first-order valence-electron chi connectivity index (χ1n) is 6.71. The topological polar surface area (TPSA) is 12.0 Å². The first-order chi connectivity index (χ1) is 8.25. The summed E-state index contributed by atoms with van der Waals surface area (Å²) in [4.78, 5) is 0. The third kappa shape index (κ3) is 4.01. The van der Waals surface area contributed by atoms with Crippen molar-refractivity contribution < 1.29 is 0 Å². The van der Waals surface area contributed by atoms with Crippen LogP contribution < -0.4 is 5.32 Å². The molecule has 0 heterocycles. The Kier molecular flexibility index (Phi) is 4.87. The lowest BCUT2D eigenvalue weighted by atomic mass is 10.0. The van der Waals surface area contributed by atoms with Crippen molar-refractivity contribution in [3.05, 3.63) is 34.3 Å². The Labute approximate surface area is 110 Å². The number of nitrogens with one attached hydrogen (secondary N) is 1. The molecule has 1 saturated carbocycles. The third-order valence-electron chi connectivity index (χ3n) is 3.73. The van der Waals surface area contributed by atoms with E-state index in [4.69, 9.17) is 11.6 Å². The minimum atomic E-state index is 0.887. The fraction of sp³-hybridized carbons (Fsp3) is 0.600. The molecule has 2 heteroatoms. The van der Waals surface area contributed by atoms with E-state index in [1.807, 2.05) is 6.07 Å². The molecule has 0 amide bonds. The second-order valence-corrected chi connectivity index (χ2v) is 5.62. The second kappa shape index (κ2) is 6.42. The molecule has 1 fully saturated rings. The van der Waals surface area contributed by atoms with Crippen molar-refractivity contribution in [2.75, 3.05) is 6.54 Å². The minimum absolute atomic E-state index is 0.887. The summed E-state index contributed by atoms with van der Waals surface area (Å²) >= 11 is 6.20. The zero-order valence-electron chi connectivity index (χ0n) is 10.6. The van der Waals surface area contributed by atoms with Gasteiger partial charge in [0.1, 0.15) is 0 Å². The highest BCUT2D eigenvalue weighted by atomic mass is 35.5. The van der Waals surface area contributed by atoms with Crippen LogP contribution in [0.25, 0.3) is 0 Å². The molecule has 0 atom stereocenters. The molecule has 0 aromatic heterocycles. The molecule has 1 aromatic carbocycles. The highest BCUT2D eigenvalue weighted by Gasteiger charge is 2.13. The molecule has 2 rings (SSSR count). The number of hydrogen-bond donors (Lipinski definition) is 1. The van der Waals surface area contributed by atoms with Gasteiger partial charge in [0.15, 0.2) is 0 Å². The summed E-state index contributed by atoms with van der Waals surface area (Å²) < 4.78 is 0. The Morgan fingerprint density at radius 1 is 1.29 bits per heavy atom. The van der Waals surface area contributed by atoms with E-state index in [-0.39, 0.29) is 0 Å². The van der Waals surface area contributed by atoms with Crippen molar-refractivity contribution in [1.29, 1.82) is 0 Å². The van der Waals surface area contributed by atoms with Crippen molar-refractivity contribution >= 4 is 11.6 Å². The number of aryl methyl sites for hydroxylation is 1. The lowest BCUT2D eigenvalue weighted by molar-refractivity contribution is 0.477. The van der Waals surface area contributed by atoms with Gasteiger partial charge >= 0.3 is 0 Å². The summed E-state index contributed by atoms with van der Waals surface area (Å²) in [5.41, 5.74) is 2.44. The van der Waals surface area contributed by atoms with Gasteiger partial charge in [-0.15, -0.1) is 0 Å². The van der Waals surface area contributed by atoms with Gasteiger partial charge in [-0.1, -0.05) is 49.4 Å². The van der Waals surface area contributed by atoms with Crippen LogP contribution in [-0.2, 0) is 6.54 Å². The summed E-state index contributed by atoms with van der Waals surface area (Å²) in [6.45, 7) is 4.09. The van der Waals surface area contributed by atoms with E-state index in [1.165, 1.54) is 43.2 Å². The fourth-order valence-electron chi connectivity index (χ4n) is 2.62. The number of benzene rings is 1. The first-order valence-corrected chi connectivity index (χ1v) is 7.09. The molecule has 1 N–H and O–H groups in total. The van der Waals surface area contributed by atoms with Crippen LogP contribution in [0, 0.1) is 12.8 Å². The summed E-state index contributed by atoms with van der Waals surface area (Å²) in [6.07, 6.45) is 7.08. The molecule has 0 unspecified atom stereocenters. The Morgan fingerprint density at radius 2 is 2.06 bits per heavy atom. The van der Waals surface area contributed by atoms with Gasteiger partial charge < -0.3 is 5.32 Å². The van der Waals surface area contributed by atoms with Gasteiger partial charge in [0.25, 0.3) is 0 Å². The zero-order chi connectivity index (χ0) is 12.1. The van der Waals surface area contributed by atoms with Crippen LogP contribution in [0.3, 0.4) is 0 Å². The molecule has 0 aliphatic heterocycles. The number of rotatable bonds is 5. The molecular formula is C15H22ClN. The molecular weight excluding hydrogens is 230 g/mol. The molecule has 0 radical (unpaired) electrons. The summed E-state index contributed by atoms with van der Waals surface area (Å²) in [5, 5.41) is 4.39.